The van der Waals surface area contributed by atoms with E-state index in [9.17, 15) is 9.59 Å². The number of benzene rings is 1. The molecule has 0 bridgehead atoms. The number of hydrogen-bond acceptors (Lipinski definition) is 7. The molecule has 5 aromatic rings. The van der Waals surface area contributed by atoms with Crippen LogP contribution in [0.1, 0.15) is 45.7 Å². The first-order valence-corrected chi connectivity index (χ1v) is 13.6. The first-order valence-electron chi connectivity index (χ1n) is 11.8. The zero-order valence-corrected chi connectivity index (χ0v) is 21.1. The van der Waals surface area contributed by atoms with Crippen LogP contribution in [0.5, 0.6) is 0 Å². The van der Waals surface area contributed by atoms with Crippen LogP contribution < -0.4 is 11.1 Å². The van der Waals surface area contributed by atoms with E-state index in [0.29, 0.717) is 34.3 Å². The number of likely N-dealkylation sites (tertiary alicyclic amines) is 1. The van der Waals surface area contributed by atoms with Gasteiger partial charge in [0.1, 0.15) is 11.4 Å². The van der Waals surface area contributed by atoms with Crippen LogP contribution in [0.3, 0.4) is 0 Å². The van der Waals surface area contributed by atoms with Crippen molar-refractivity contribution in [1.29, 1.82) is 0 Å². The summed E-state index contributed by atoms with van der Waals surface area (Å²) in [7, 11) is 0. The molecule has 0 aliphatic carbocycles. The minimum Gasteiger partial charge on any atom is -0.375 e. The van der Waals surface area contributed by atoms with E-state index >= 15 is 0 Å². The first-order chi connectivity index (χ1) is 17.6. The van der Waals surface area contributed by atoms with E-state index in [1.807, 2.05) is 46.1 Å². The van der Waals surface area contributed by atoms with Crippen LogP contribution in [0.2, 0.25) is 0 Å². The molecular formula is C26H24N6O2S2. The number of aromatic nitrogens is 3. The van der Waals surface area contributed by atoms with Gasteiger partial charge in [0, 0.05) is 36.8 Å². The zero-order chi connectivity index (χ0) is 24.6. The summed E-state index contributed by atoms with van der Waals surface area (Å²) in [6.07, 6.45) is 4.96. The number of nitrogens with one attached hydrogen (secondary N) is 1. The van der Waals surface area contributed by atoms with Gasteiger partial charge in [-0.1, -0.05) is 17.4 Å². The van der Waals surface area contributed by atoms with Gasteiger partial charge >= 0.3 is 0 Å². The van der Waals surface area contributed by atoms with Crippen molar-refractivity contribution in [2.24, 2.45) is 0 Å². The van der Waals surface area contributed by atoms with Crippen molar-refractivity contribution in [3.8, 4) is 11.3 Å². The van der Waals surface area contributed by atoms with Crippen molar-refractivity contribution in [3.05, 3.63) is 70.2 Å². The summed E-state index contributed by atoms with van der Waals surface area (Å²) in [5.74, 6) is -0.290. The molecule has 0 unspecified atom stereocenters. The molecule has 5 heterocycles. The monoisotopic (exact) mass is 516 g/mol. The molecular weight excluding hydrogens is 492 g/mol. The number of thiophene rings is 1. The molecule has 0 radical (unpaired) electrons. The summed E-state index contributed by atoms with van der Waals surface area (Å²) in [5, 5.41) is 7.48. The van der Waals surface area contributed by atoms with Gasteiger partial charge in [0.05, 0.1) is 15.8 Å². The van der Waals surface area contributed by atoms with Gasteiger partial charge in [0.25, 0.3) is 11.8 Å². The molecule has 10 heteroatoms. The Morgan fingerprint density at radius 2 is 1.94 bits per heavy atom. The second kappa shape index (κ2) is 9.36. The Bertz CT molecular complexity index is 1580. The van der Waals surface area contributed by atoms with Crippen LogP contribution in [-0.4, -0.2) is 44.2 Å². The van der Waals surface area contributed by atoms with E-state index in [2.05, 4.69) is 10.3 Å². The number of piperidine rings is 1. The highest BCUT2D eigenvalue weighted by molar-refractivity contribution is 7.22. The summed E-state index contributed by atoms with van der Waals surface area (Å²) in [4.78, 5) is 37.9. The quantitative estimate of drug-likeness (QED) is 0.349. The van der Waals surface area contributed by atoms with Crippen LogP contribution in [0.25, 0.3) is 27.1 Å². The maximum atomic E-state index is 13.6. The maximum Gasteiger partial charge on any atom is 0.273 e. The standard InChI is InChI=1S/C26H24N6O2S2/c27-26-29-19-7-6-16(13-20(19)36-26)14-28-24(33)18-5-4-11-32-22(25(34)31-9-2-1-3-10-31)21(30-23(18)32)17-8-12-35-15-17/h4-8,11-13,15H,1-3,9-10,14H2,(H2,27,29)(H,28,33). The number of pyridine rings is 1. The van der Waals surface area contributed by atoms with Gasteiger partial charge in [-0.2, -0.15) is 11.3 Å². The fourth-order valence-corrected chi connectivity index (χ4v) is 6.11. The summed E-state index contributed by atoms with van der Waals surface area (Å²) in [6, 6.07) is 11.3. The third-order valence-corrected chi connectivity index (χ3v) is 7.99. The average Bonchev–Trinajstić information content (AvgIpc) is 3.64. The number of hydrogen-bond donors (Lipinski definition) is 2. The van der Waals surface area contributed by atoms with Gasteiger partial charge in [-0.25, -0.2) is 9.97 Å². The lowest BCUT2D eigenvalue weighted by Gasteiger charge is -2.26. The second-order valence-corrected chi connectivity index (χ2v) is 10.7. The molecule has 3 N–H and O–H groups in total. The Balaban J connectivity index is 1.34. The largest absolute Gasteiger partial charge is 0.375 e. The zero-order valence-electron chi connectivity index (χ0n) is 19.4. The normalized spacial score (nSPS) is 13.9. The van der Waals surface area contributed by atoms with Crippen molar-refractivity contribution in [3.63, 3.8) is 0 Å². The van der Waals surface area contributed by atoms with Gasteiger partial charge in [-0.15, -0.1) is 0 Å². The van der Waals surface area contributed by atoms with Gasteiger partial charge in [-0.05, 0) is 60.5 Å². The second-order valence-electron chi connectivity index (χ2n) is 8.83. The molecule has 1 aliphatic heterocycles. The molecule has 0 atom stereocenters. The van der Waals surface area contributed by atoms with E-state index < -0.39 is 0 Å². The van der Waals surface area contributed by atoms with E-state index in [1.54, 1.807) is 27.9 Å². The van der Waals surface area contributed by atoms with E-state index in [1.165, 1.54) is 11.3 Å². The van der Waals surface area contributed by atoms with E-state index in [0.717, 1.165) is 53.7 Å². The number of nitrogen functional groups attached to an aromatic ring is 1. The number of rotatable bonds is 5. The summed E-state index contributed by atoms with van der Waals surface area (Å²) >= 11 is 2.98. The predicted molar refractivity (Wildman–Crippen MR) is 143 cm³/mol. The first kappa shape index (κ1) is 22.7. The lowest BCUT2D eigenvalue weighted by Crippen LogP contribution is -2.36. The predicted octanol–water partition coefficient (Wildman–Crippen LogP) is 4.81. The molecule has 1 aromatic carbocycles. The lowest BCUT2D eigenvalue weighted by molar-refractivity contribution is 0.0717. The van der Waals surface area contributed by atoms with Gasteiger partial charge < -0.3 is 16.0 Å². The van der Waals surface area contributed by atoms with E-state index in [-0.39, 0.29) is 11.8 Å². The fourth-order valence-electron chi connectivity index (χ4n) is 4.67. The summed E-state index contributed by atoms with van der Waals surface area (Å²) < 4.78 is 2.75. The number of carbonyl (C=O) groups is 2. The number of amides is 2. The third kappa shape index (κ3) is 4.12. The minimum atomic E-state index is -0.247. The van der Waals surface area contributed by atoms with Crippen molar-refractivity contribution in [2.75, 3.05) is 18.8 Å². The van der Waals surface area contributed by atoms with Crippen molar-refractivity contribution in [1.82, 2.24) is 24.6 Å². The molecule has 182 valence electrons. The fraction of sp³-hybridized carbons (Fsp3) is 0.231. The van der Waals surface area contributed by atoms with Crippen LogP contribution >= 0.6 is 22.7 Å². The van der Waals surface area contributed by atoms with Crippen LogP contribution in [-0.2, 0) is 6.54 Å². The van der Waals surface area contributed by atoms with Gasteiger partial charge in [0.15, 0.2) is 10.8 Å². The third-order valence-electron chi connectivity index (χ3n) is 6.46. The van der Waals surface area contributed by atoms with Crippen molar-refractivity contribution in [2.45, 2.75) is 25.8 Å². The van der Waals surface area contributed by atoms with Crippen LogP contribution in [0.4, 0.5) is 5.13 Å². The number of nitrogens with two attached hydrogens (primary N) is 1. The molecule has 0 spiro atoms. The molecule has 1 aliphatic rings. The highest BCUT2D eigenvalue weighted by atomic mass is 32.1. The number of nitrogens with zero attached hydrogens (tertiary/aromatic N) is 4. The van der Waals surface area contributed by atoms with E-state index in [4.69, 9.17) is 10.7 Å². The SMILES string of the molecule is Nc1nc2ccc(CNC(=O)c3cccn4c(C(=O)N5CCCCC5)c(-c5ccsc5)nc34)cc2s1. The molecule has 0 saturated carbocycles. The molecule has 4 aromatic heterocycles. The van der Waals surface area contributed by atoms with Crippen LogP contribution in [0.15, 0.2) is 53.4 Å². The highest BCUT2D eigenvalue weighted by Gasteiger charge is 2.28. The number of fused-ring (bicyclic) bond motifs is 2. The molecule has 2 amide bonds. The van der Waals surface area contributed by atoms with Gasteiger partial charge in [-0.3, -0.25) is 14.0 Å². The molecule has 36 heavy (non-hydrogen) atoms. The van der Waals surface area contributed by atoms with Crippen molar-refractivity contribution < 1.29 is 9.59 Å². The topological polar surface area (TPSA) is 106 Å². The molecule has 6 rings (SSSR count). The lowest BCUT2D eigenvalue weighted by atomic mass is 10.1. The Kier molecular flexibility index (Phi) is 5.90. The number of carbonyl (C=O) groups excluding carboxylic acids is 2. The average molecular weight is 517 g/mol. The summed E-state index contributed by atoms with van der Waals surface area (Å²) in [6.45, 7) is 1.83. The highest BCUT2D eigenvalue weighted by Crippen LogP contribution is 2.30. The number of anilines is 1. The molecule has 1 fully saturated rings. The molecule has 8 nitrogen and oxygen atoms in total. The smallest absolute Gasteiger partial charge is 0.273 e. The van der Waals surface area contributed by atoms with Crippen LogP contribution in [0, 0.1) is 0 Å². The number of thiazole rings is 1. The van der Waals surface area contributed by atoms with Gasteiger partial charge in [0.2, 0.25) is 0 Å². The maximum absolute atomic E-state index is 13.6. The van der Waals surface area contributed by atoms with Crippen molar-refractivity contribution >= 4 is 55.5 Å². The summed E-state index contributed by atoms with van der Waals surface area (Å²) in [5.41, 5.74) is 10.5. The Hall–Kier alpha value is -3.76. The Morgan fingerprint density at radius 3 is 2.75 bits per heavy atom. The Morgan fingerprint density at radius 1 is 1.08 bits per heavy atom. The minimum absolute atomic E-state index is 0.0434. The Labute approximate surface area is 215 Å². The molecule has 1 saturated heterocycles. The number of imidazole rings is 1.